The van der Waals surface area contributed by atoms with Crippen LogP contribution in [0.3, 0.4) is 0 Å². The van der Waals surface area contributed by atoms with E-state index in [2.05, 4.69) is 5.32 Å². The number of halogens is 4. The molecule has 134 valence electrons. The summed E-state index contributed by atoms with van der Waals surface area (Å²) in [5, 5.41) is 5.59. The van der Waals surface area contributed by atoms with Gasteiger partial charge in [0, 0.05) is 17.3 Å². The highest BCUT2D eigenvalue weighted by Crippen LogP contribution is 2.28. The number of anilines is 1. The van der Waals surface area contributed by atoms with E-state index < -0.39 is 0 Å². The van der Waals surface area contributed by atoms with Gasteiger partial charge in [0.05, 0.1) is 15.1 Å². The smallest absolute Gasteiger partial charge is 0.138 e. The quantitative estimate of drug-likeness (QED) is 0.440. The Kier molecular flexibility index (Phi) is 6.55. The minimum Gasteiger partial charge on any atom is -0.487 e. The van der Waals surface area contributed by atoms with Gasteiger partial charge in [0.1, 0.15) is 12.4 Å². The molecule has 0 amide bonds. The van der Waals surface area contributed by atoms with Gasteiger partial charge in [0.15, 0.2) is 0 Å². The van der Waals surface area contributed by atoms with E-state index in [-0.39, 0.29) is 0 Å². The zero-order valence-electron chi connectivity index (χ0n) is 13.6. The van der Waals surface area contributed by atoms with Gasteiger partial charge in [-0.15, -0.1) is 0 Å². The van der Waals surface area contributed by atoms with E-state index in [0.29, 0.717) is 39.0 Å². The van der Waals surface area contributed by atoms with E-state index in [0.717, 1.165) is 16.8 Å². The van der Waals surface area contributed by atoms with Gasteiger partial charge in [-0.05, 0) is 53.6 Å². The van der Waals surface area contributed by atoms with Crippen molar-refractivity contribution in [3.63, 3.8) is 0 Å². The van der Waals surface area contributed by atoms with Gasteiger partial charge in [-0.2, -0.15) is 0 Å². The van der Waals surface area contributed by atoms with Gasteiger partial charge in [-0.1, -0.05) is 64.6 Å². The van der Waals surface area contributed by atoms with Crippen molar-refractivity contribution in [1.82, 2.24) is 0 Å². The third-order valence-electron chi connectivity index (χ3n) is 3.72. The molecule has 0 unspecified atom stereocenters. The van der Waals surface area contributed by atoms with Gasteiger partial charge in [-0.3, -0.25) is 0 Å². The lowest BCUT2D eigenvalue weighted by molar-refractivity contribution is 0.306. The molecule has 0 bridgehead atoms. The van der Waals surface area contributed by atoms with Crippen molar-refractivity contribution < 1.29 is 4.74 Å². The average molecular weight is 427 g/mol. The SMILES string of the molecule is Clc1ccc(COc2ccc(CNc3ccc(Cl)c(Cl)c3)cc2Cl)cc1. The predicted molar refractivity (Wildman–Crippen MR) is 111 cm³/mol. The molecule has 0 heterocycles. The summed E-state index contributed by atoms with van der Waals surface area (Å²) >= 11 is 24.2. The number of ether oxygens (including phenoxy) is 1. The maximum atomic E-state index is 6.34. The van der Waals surface area contributed by atoms with Gasteiger partial charge in [0.25, 0.3) is 0 Å². The second-order valence-electron chi connectivity index (χ2n) is 5.66. The fourth-order valence-corrected chi connectivity index (χ4v) is 3.01. The monoisotopic (exact) mass is 425 g/mol. The molecule has 0 aliphatic carbocycles. The minimum absolute atomic E-state index is 0.428. The summed E-state index contributed by atoms with van der Waals surface area (Å²) in [5.74, 6) is 0.639. The third kappa shape index (κ3) is 5.21. The molecule has 0 radical (unpaired) electrons. The molecule has 1 N–H and O–H groups in total. The number of nitrogens with one attached hydrogen (secondary N) is 1. The maximum Gasteiger partial charge on any atom is 0.138 e. The van der Waals surface area contributed by atoms with Crippen LogP contribution >= 0.6 is 46.4 Å². The van der Waals surface area contributed by atoms with Crippen LogP contribution in [-0.2, 0) is 13.2 Å². The van der Waals surface area contributed by atoms with Crippen LogP contribution < -0.4 is 10.1 Å². The summed E-state index contributed by atoms with van der Waals surface area (Å²) in [6.07, 6.45) is 0. The van der Waals surface area contributed by atoms with Crippen LogP contribution in [0.5, 0.6) is 5.75 Å². The Bertz CT molecular complexity index is 897. The molecular weight excluding hydrogens is 412 g/mol. The second-order valence-corrected chi connectivity index (χ2v) is 7.32. The molecule has 26 heavy (non-hydrogen) atoms. The average Bonchev–Trinajstić information content (AvgIpc) is 2.63. The van der Waals surface area contributed by atoms with E-state index in [9.17, 15) is 0 Å². The van der Waals surface area contributed by atoms with Gasteiger partial charge in [0.2, 0.25) is 0 Å². The fraction of sp³-hybridized carbons (Fsp3) is 0.100. The van der Waals surface area contributed by atoms with Crippen LogP contribution in [0.15, 0.2) is 60.7 Å². The third-order valence-corrected chi connectivity index (χ3v) is 5.01. The summed E-state index contributed by atoms with van der Waals surface area (Å²) in [5.41, 5.74) is 2.94. The van der Waals surface area contributed by atoms with Crippen molar-refractivity contribution in [3.8, 4) is 5.75 Å². The molecule has 0 fully saturated rings. The topological polar surface area (TPSA) is 21.3 Å². The molecule has 3 rings (SSSR count). The molecule has 0 spiro atoms. The summed E-state index contributed by atoms with van der Waals surface area (Å²) in [4.78, 5) is 0. The van der Waals surface area contributed by atoms with E-state index in [1.807, 2.05) is 48.5 Å². The first kappa shape index (κ1) is 19.2. The van der Waals surface area contributed by atoms with Crippen molar-refractivity contribution in [2.24, 2.45) is 0 Å². The molecule has 0 aromatic heterocycles. The van der Waals surface area contributed by atoms with Crippen molar-refractivity contribution in [3.05, 3.63) is 91.9 Å². The standard InChI is InChI=1S/C20H15Cl4NO/c21-15-4-1-13(2-5-15)12-26-20-8-3-14(9-19(20)24)11-25-16-6-7-17(22)18(23)10-16/h1-10,25H,11-12H2. The summed E-state index contributed by atoms with van der Waals surface area (Å²) in [6.45, 7) is 1.03. The van der Waals surface area contributed by atoms with E-state index in [1.165, 1.54) is 0 Å². The normalized spacial score (nSPS) is 10.6. The molecule has 3 aromatic carbocycles. The first-order chi connectivity index (χ1) is 12.5. The zero-order valence-corrected chi connectivity index (χ0v) is 16.6. The summed E-state index contributed by atoms with van der Waals surface area (Å²) < 4.78 is 5.78. The fourth-order valence-electron chi connectivity index (χ4n) is 2.32. The molecule has 0 aliphatic rings. The molecular formula is C20H15Cl4NO. The van der Waals surface area contributed by atoms with Crippen LogP contribution in [0.1, 0.15) is 11.1 Å². The predicted octanol–water partition coefficient (Wildman–Crippen LogP) is 7.49. The Morgan fingerprint density at radius 3 is 2.12 bits per heavy atom. The Hall–Kier alpha value is -1.58. The van der Waals surface area contributed by atoms with Crippen molar-refractivity contribution in [1.29, 1.82) is 0 Å². The number of hydrogen-bond donors (Lipinski definition) is 1. The van der Waals surface area contributed by atoms with Gasteiger partial charge in [-0.25, -0.2) is 0 Å². The summed E-state index contributed by atoms with van der Waals surface area (Å²) in [7, 11) is 0. The van der Waals surface area contributed by atoms with Crippen LogP contribution in [0.25, 0.3) is 0 Å². The summed E-state index contributed by atoms with van der Waals surface area (Å²) in [6, 6.07) is 18.6. The van der Waals surface area contributed by atoms with E-state index in [4.69, 9.17) is 51.1 Å². The largest absolute Gasteiger partial charge is 0.487 e. The van der Waals surface area contributed by atoms with Crippen LogP contribution in [0.4, 0.5) is 5.69 Å². The van der Waals surface area contributed by atoms with Crippen molar-refractivity contribution in [2.75, 3.05) is 5.32 Å². The molecule has 0 atom stereocenters. The number of benzene rings is 3. The van der Waals surface area contributed by atoms with Gasteiger partial charge >= 0.3 is 0 Å². The lowest BCUT2D eigenvalue weighted by Crippen LogP contribution is -2.00. The Labute approximate surface area is 172 Å². The second kappa shape index (κ2) is 8.88. The molecule has 0 saturated heterocycles. The molecule has 2 nitrogen and oxygen atoms in total. The first-order valence-corrected chi connectivity index (χ1v) is 9.37. The van der Waals surface area contributed by atoms with Crippen LogP contribution in [0, 0.1) is 0 Å². The highest BCUT2D eigenvalue weighted by atomic mass is 35.5. The van der Waals surface area contributed by atoms with Crippen molar-refractivity contribution >= 4 is 52.1 Å². The van der Waals surface area contributed by atoms with E-state index in [1.54, 1.807) is 12.1 Å². The molecule has 6 heteroatoms. The lowest BCUT2D eigenvalue weighted by atomic mass is 10.2. The number of hydrogen-bond acceptors (Lipinski definition) is 2. The minimum atomic E-state index is 0.428. The van der Waals surface area contributed by atoms with Crippen molar-refractivity contribution in [2.45, 2.75) is 13.2 Å². The molecule has 0 aliphatic heterocycles. The zero-order chi connectivity index (χ0) is 18.5. The number of rotatable bonds is 6. The Balaban J connectivity index is 1.59. The van der Waals surface area contributed by atoms with Crippen LogP contribution in [0.2, 0.25) is 20.1 Å². The highest BCUT2D eigenvalue weighted by molar-refractivity contribution is 6.42. The Morgan fingerprint density at radius 2 is 1.42 bits per heavy atom. The van der Waals surface area contributed by atoms with Gasteiger partial charge < -0.3 is 10.1 Å². The lowest BCUT2D eigenvalue weighted by Gasteiger charge is -2.11. The highest BCUT2D eigenvalue weighted by Gasteiger charge is 2.05. The molecule has 0 saturated carbocycles. The van der Waals surface area contributed by atoms with Crippen LogP contribution in [-0.4, -0.2) is 0 Å². The first-order valence-electron chi connectivity index (χ1n) is 7.86. The maximum absolute atomic E-state index is 6.34. The Morgan fingerprint density at radius 1 is 0.692 bits per heavy atom. The van der Waals surface area contributed by atoms with E-state index >= 15 is 0 Å². The molecule has 3 aromatic rings.